The molecule has 2 aliphatic rings. The normalized spacial score (nSPS) is 23.4. The molecule has 1 amide bonds. The zero-order valence-corrected chi connectivity index (χ0v) is 9.88. The predicted molar refractivity (Wildman–Crippen MR) is 66.1 cm³/mol. The molecule has 5 heteroatoms. The number of nitrogens with zero attached hydrogens (tertiary/aromatic N) is 2. The molecule has 1 aromatic rings. The number of thioether (sulfide) groups is 1. The maximum absolute atomic E-state index is 11.9. The summed E-state index contributed by atoms with van der Waals surface area (Å²) in [7, 11) is 0. The van der Waals surface area contributed by atoms with Gasteiger partial charge in [-0.1, -0.05) is 0 Å². The van der Waals surface area contributed by atoms with Crippen LogP contribution in [0.2, 0.25) is 0 Å². The van der Waals surface area contributed by atoms with Crippen LogP contribution in [0.25, 0.3) is 0 Å². The van der Waals surface area contributed by atoms with Gasteiger partial charge in [-0.25, -0.2) is 4.98 Å². The van der Waals surface area contributed by atoms with E-state index in [0.29, 0.717) is 0 Å². The van der Waals surface area contributed by atoms with Crippen LogP contribution in [-0.4, -0.2) is 35.0 Å². The van der Waals surface area contributed by atoms with E-state index in [1.165, 1.54) is 0 Å². The van der Waals surface area contributed by atoms with Crippen molar-refractivity contribution in [1.29, 1.82) is 0 Å². The van der Waals surface area contributed by atoms with E-state index in [4.69, 9.17) is 0 Å². The maximum Gasteiger partial charge on any atom is 0.248 e. The lowest BCUT2D eigenvalue weighted by Crippen LogP contribution is -2.53. The van der Waals surface area contributed by atoms with Crippen LogP contribution in [0.3, 0.4) is 0 Å². The number of aromatic nitrogens is 1. The second-order valence-electron chi connectivity index (χ2n) is 4.16. The summed E-state index contributed by atoms with van der Waals surface area (Å²) in [6.45, 7) is 2.89. The molecule has 4 nitrogen and oxygen atoms in total. The first kappa shape index (κ1) is 9.96. The van der Waals surface area contributed by atoms with Crippen molar-refractivity contribution in [1.82, 2.24) is 4.98 Å². The van der Waals surface area contributed by atoms with Crippen LogP contribution in [-0.2, 0) is 4.79 Å². The van der Waals surface area contributed by atoms with Crippen LogP contribution < -0.4 is 10.2 Å². The summed E-state index contributed by atoms with van der Waals surface area (Å²) in [6.07, 6.45) is 1.86. The summed E-state index contributed by atoms with van der Waals surface area (Å²) >= 11 is 1.83. The van der Waals surface area contributed by atoms with Gasteiger partial charge in [0.15, 0.2) is 5.82 Å². The number of anilines is 2. The number of nitrogens with one attached hydrogen (secondary N) is 1. The number of pyridine rings is 1. The zero-order valence-electron chi connectivity index (χ0n) is 9.06. The molecule has 1 N–H and O–H groups in total. The Morgan fingerprint density at radius 3 is 3.38 bits per heavy atom. The Morgan fingerprint density at radius 2 is 2.50 bits per heavy atom. The Morgan fingerprint density at radius 1 is 1.62 bits per heavy atom. The third-order valence-corrected chi connectivity index (χ3v) is 3.99. The van der Waals surface area contributed by atoms with Crippen LogP contribution in [0.1, 0.15) is 5.56 Å². The first-order chi connectivity index (χ1) is 7.75. The standard InChI is InChI=1S/C11H13N3OS/c1-7-4-8-10(12-5-7)14-2-3-16-6-9(14)11(15)13-8/h4-5,9H,2-3,6H2,1H3,(H,13,15). The summed E-state index contributed by atoms with van der Waals surface area (Å²) < 4.78 is 0. The molecule has 16 heavy (non-hydrogen) atoms. The van der Waals surface area contributed by atoms with Gasteiger partial charge in [-0.3, -0.25) is 4.79 Å². The fraction of sp³-hybridized carbons (Fsp3) is 0.455. The van der Waals surface area contributed by atoms with Crippen LogP contribution >= 0.6 is 11.8 Å². The van der Waals surface area contributed by atoms with E-state index in [2.05, 4.69) is 15.2 Å². The van der Waals surface area contributed by atoms with E-state index in [9.17, 15) is 4.79 Å². The van der Waals surface area contributed by atoms with Crippen molar-refractivity contribution in [2.24, 2.45) is 0 Å². The molecule has 0 aliphatic carbocycles. The molecule has 0 aromatic carbocycles. The minimum atomic E-state index is -0.0403. The number of rotatable bonds is 0. The van der Waals surface area contributed by atoms with Gasteiger partial charge < -0.3 is 10.2 Å². The van der Waals surface area contributed by atoms with Crippen molar-refractivity contribution >= 4 is 29.2 Å². The highest BCUT2D eigenvalue weighted by atomic mass is 32.2. The largest absolute Gasteiger partial charge is 0.341 e. The topological polar surface area (TPSA) is 45.2 Å². The number of carbonyl (C=O) groups is 1. The number of amides is 1. The van der Waals surface area contributed by atoms with Crippen LogP contribution in [0.15, 0.2) is 12.3 Å². The van der Waals surface area contributed by atoms with E-state index in [-0.39, 0.29) is 11.9 Å². The van der Waals surface area contributed by atoms with Gasteiger partial charge in [0.25, 0.3) is 0 Å². The average Bonchev–Trinajstić information content (AvgIpc) is 2.29. The molecule has 3 heterocycles. The fourth-order valence-electron chi connectivity index (χ4n) is 2.17. The van der Waals surface area contributed by atoms with Gasteiger partial charge in [-0.2, -0.15) is 11.8 Å². The van der Waals surface area contributed by atoms with Gasteiger partial charge in [0.1, 0.15) is 6.04 Å². The molecule has 1 atom stereocenters. The summed E-state index contributed by atoms with van der Waals surface area (Å²) in [4.78, 5) is 18.5. The number of fused-ring (bicyclic) bond motifs is 3. The second-order valence-corrected chi connectivity index (χ2v) is 5.31. The quantitative estimate of drug-likeness (QED) is 0.735. The van der Waals surface area contributed by atoms with Crippen molar-refractivity contribution in [2.45, 2.75) is 13.0 Å². The Kier molecular flexibility index (Phi) is 2.28. The Balaban J connectivity index is 2.06. The summed E-state index contributed by atoms with van der Waals surface area (Å²) in [5, 5.41) is 2.94. The molecule has 0 spiro atoms. The molecule has 0 radical (unpaired) electrons. The third-order valence-electron chi connectivity index (χ3n) is 2.96. The zero-order chi connectivity index (χ0) is 11.1. The fourth-order valence-corrected chi connectivity index (χ4v) is 3.22. The molecule has 1 unspecified atom stereocenters. The molecule has 2 aliphatic heterocycles. The number of carbonyl (C=O) groups excluding carboxylic acids is 1. The van der Waals surface area contributed by atoms with E-state index >= 15 is 0 Å². The van der Waals surface area contributed by atoms with Crippen molar-refractivity contribution < 1.29 is 4.79 Å². The lowest BCUT2D eigenvalue weighted by molar-refractivity contribution is -0.117. The molecule has 0 saturated carbocycles. The molecule has 0 bridgehead atoms. The molecule has 84 valence electrons. The van der Waals surface area contributed by atoms with Gasteiger partial charge >= 0.3 is 0 Å². The minimum absolute atomic E-state index is 0.0403. The van der Waals surface area contributed by atoms with E-state index in [0.717, 1.165) is 35.1 Å². The van der Waals surface area contributed by atoms with Gasteiger partial charge in [-0.15, -0.1) is 0 Å². The maximum atomic E-state index is 11.9. The number of aryl methyl sites for hydroxylation is 1. The first-order valence-electron chi connectivity index (χ1n) is 5.37. The second kappa shape index (κ2) is 3.66. The van der Waals surface area contributed by atoms with Gasteiger partial charge in [0.05, 0.1) is 5.69 Å². The van der Waals surface area contributed by atoms with Crippen LogP contribution in [0.4, 0.5) is 11.5 Å². The molecule has 1 aromatic heterocycles. The molecule has 1 fully saturated rings. The lowest BCUT2D eigenvalue weighted by atomic mass is 10.1. The van der Waals surface area contributed by atoms with Crippen molar-refractivity contribution in [3.05, 3.63) is 17.8 Å². The van der Waals surface area contributed by atoms with Crippen molar-refractivity contribution in [3.63, 3.8) is 0 Å². The van der Waals surface area contributed by atoms with E-state index in [1.54, 1.807) is 0 Å². The van der Waals surface area contributed by atoms with E-state index in [1.807, 2.05) is 30.9 Å². The number of hydrogen-bond donors (Lipinski definition) is 1. The van der Waals surface area contributed by atoms with Crippen molar-refractivity contribution in [3.8, 4) is 0 Å². The Bertz CT molecular complexity index is 449. The average molecular weight is 235 g/mol. The lowest BCUT2D eigenvalue weighted by Gasteiger charge is -2.39. The smallest absolute Gasteiger partial charge is 0.248 e. The molecular weight excluding hydrogens is 222 g/mol. The summed E-state index contributed by atoms with van der Waals surface area (Å²) in [5.41, 5.74) is 1.93. The minimum Gasteiger partial charge on any atom is -0.341 e. The summed E-state index contributed by atoms with van der Waals surface area (Å²) in [6, 6.07) is 1.94. The van der Waals surface area contributed by atoms with Crippen LogP contribution in [0.5, 0.6) is 0 Å². The van der Waals surface area contributed by atoms with Gasteiger partial charge in [0, 0.05) is 24.2 Å². The molecular formula is C11H13N3OS. The van der Waals surface area contributed by atoms with Crippen molar-refractivity contribution in [2.75, 3.05) is 28.3 Å². The van der Waals surface area contributed by atoms with Crippen LogP contribution in [0, 0.1) is 6.92 Å². The highest BCUT2D eigenvalue weighted by molar-refractivity contribution is 7.99. The number of hydrogen-bond acceptors (Lipinski definition) is 4. The first-order valence-corrected chi connectivity index (χ1v) is 6.53. The molecule has 3 rings (SSSR count). The highest BCUT2D eigenvalue weighted by Gasteiger charge is 2.35. The molecule has 1 saturated heterocycles. The Labute approximate surface area is 98.4 Å². The van der Waals surface area contributed by atoms with Gasteiger partial charge in [0.2, 0.25) is 5.91 Å². The predicted octanol–water partition coefficient (Wildman–Crippen LogP) is 1.26. The van der Waals surface area contributed by atoms with E-state index < -0.39 is 0 Å². The highest BCUT2D eigenvalue weighted by Crippen LogP contribution is 2.33. The third kappa shape index (κ3) is 1.46. The van der Waals surface area contributed by atoms with Gasteiger partial charge in [-0.05, 0) is 18.6 Å². The SMILES string of the molecule is Cc1cnc2c(c1)NC(=O)C1CSCCN21. The monoisotopic (exact) mass is 235 g/mol. The Hall–Kier alpha value is -1.23. The summed E-state index contributed by atoms with van der Waals surface area (Å²) in [5.74, 6) is 2.96.